The minimum atomic E-state index is -4.43. The lowest BCUT2D eigenvalue weighted by molar-refractivity contribution is -0.153. The summed E-state index contributed by atoms with van der Waals surface area (Å²) in [6, 6.07) is 5.73. The van der Waals surface area contributed by atoms with Gasteiger partial charge in [-0.05, 0) is 19.9 Å². The van der Waals surface area contributed by atoms with Gasteiger partial charge in [-0.2, -0.15) is 13.2 Å². The first-order valence-corrected chi connectivity index (χ1v) is 6.97. The Labute approximate surface area is 133 Å². The highest BCUT2D eigenvalue weighted by Gasteiger charge is 2.28. The third-order valence-electron chi connectivity index (χ3n) is 2.76. The molecule has 0 bridgehead atoms. The van der Waals surface area contributed by atoms with Gasteiger partial charge in [-0.15, -0.1) is 0 Å². The molecule has 0 aliphatic heterocycles. The van der Waals surface area contributed by atoms with Crippen molar-refractivity contribution in [3.8, 4) is 5.75 Å². The molecule has 0 fully saturated rings. The number of nitrogens with one attached hydrogen (secondary N) is 1. The number of likely N-dealkylation sites (N-methyl/N-ethyl adjacent to an activating group) is 1. The molecule has 0 radical (unpaired) electrons. The fourth-order valence-electron chi connectivity index (χ4n) is 1.91. The highest BCUT2D eigenvalue weighted by Crippen LogP contribution is 2.22. The molecule has 1 aromatic rings. The Balaban J connectivity index is 2.62. The number of urea groups is 1. The maximum atomic E-state index is 12.2. The lowest BCUT2D eigenvalue weighted by Crippen LogP contribution is -2.44. The van der Waals surface area contributed by atoms with Crippen molar-refractivity contribution in [3.05, 3.63) is 29.8 Å². The molecule has 0 atom stereocenters. The standard InChI is InChI=1S/C15H21F3N2O3/c1-14(2,22)9-20(3)13(21)19-8-11-6-4-5-7-12(11)23-10-15(16,17)18/h4-7,22H,8-10H2,1-3H3,(H,19,21). The van der Waals surface area contributed by atoms with E-state index in [9.17, 15) is 23.1 Å². The van der Waals surface area contributed by atoms with E-state index in [-0.39, 0.29) is 18.8 Å². The maximum absolute atomic E-state index is 12.2. The molecule has 130 valence electrons. The summed E-state index contributed by atoms with van der Waals surface area (Å²) in [6.07, 6.45) is -4.43. The van der Waals surface area contributed by atoms with Crippen LogP contribution < -0.4 is 10.1 Å². The van der Waals surface area contributed by atoms with Crippen LogP contribution in [0.3, 0.4) is 0 Å². The van der Waals surface area contributed by atoms with E-state index < -0.39 is 24.4 Å². The first-order valence-electron chi connectivity index (χ1n) is 6.97. The molecule has 8 heteroatoms. The van der Waals surface area contributed by atoms with Gasteiger partial charge in [0.15, 0.2) is 6.61 Å². The van der Waals surface area contributed by atoms with Crippen LogP contribution in [0, 0.1) is 0 Å². The normalized spacial score (nSPS) is 12.0. The third-order valence-corrected chi connectivity index (χ3v) is 2.76. The molecular formula is C15H21F3N2O3. The second kappa shape index (κ2) is 7.54. The Kier molecular flexibility index (Phi) is 6.26. The van der Waals surface area contributed by atoms with Crippen LogP contribution in [0.1, 0.15) is 19.4 Å². The molecule has 23 heavy (non-hydrogen) atoms. The SMILES string of the molecule is CN(CC(C)(C)O)C(=O)NCc1ccccc1OCC(F)(F)F. The van der Waals surface area contributed by atoms with Gasteiger partial charge in [-0.3, -0.25) is 0 Å². The first kappa shape index (κ1) is 19.1. The lowest BCUT2D eigenvalue weighted by atomic mass is 10.1. The first-order chi connectivity index (χ1) is 10.5. The number of para-hydroxylation sites is 1. The molecule has 0 spiro atoms. The highest BCUT2D eigenvalue weighted by molar-refractivity contribution is 5.74. The number of aliphatic hydroxyl groups is 1. The van der Waals surface area contributed by atoms with Crippen molar-refractivity contribution in [1.82, 2.24) is 10.2 Å². The molecular weight excluding hydrogens is 313 g/mol. The summed E-state index contributed by atoms with van der Waals surface area (Å²) in [6.45, 7) is 1.87. The van der Waals surface area contributed by atoms with Gasteiger partial charge in [-0.1, -0.05) is 18.2 Å². The molecule has 0 aromatic heterocycles. The monoisotopic (exact) mass is 334 g/mol. The van der Waals surface area contributed by atoms with Gasteiger partial charge in [0, 0.05) is 19.2 Å². The number of halogens is 3. The maximum Gasteiger partial charge on any atom is 0.422 e. The summed E-state index contributed by atoms with van der Waals surface area (Å²) < 4.78 is 41.4. The summed E-state index contributed by atoms with van der Waals surface area (Å²) in [5.41, 5.74) is -0.610. The zero-order valence-corrected chi connectivity index (χ0v) is 13.3. The number of hydrogen-bond acceptors (Lipinski definition) is 3. The number of amides is 2. The summed E-state index contributed by atoms with van der Waals surface area (Å²) >= 11 is 0. The van der Waals surface area contributed by atoms with Crippen LogP contribution in [0.5, 0.6) is 5.75 Å². The lowest BCUT2D eigenvalue weighted by Gasteiger charge is -2.25. The largest absolute Gasteiger partial charge is 0.484 e. The molecule has 0 aliphatic carbocycles. The van der Waals surface area contributed by atoms with Crippen molar-refractivity contribution in [3.63, 3.8) is 0 Å². The van der Waals surface area contributed by atoms with Crippen LogP contribution in [-0.2, 0) is 6.54 Å². The molecule has 1 aromatic carbocycles. The van der Waals surface area contributed by atoms with Crippen LogP contribution in [0.15, 0.2) is 24.3 Å². The number of nitrogens with zero attached hydrogens (tertiary/aromatic N) is 1. The quantitative estimate of drug-likeness (QED) is 0.840. The fourth-order valence-corrected chi connectivity index (χ4v) is 1.91. The summed E-state index contributed by atoms with van der Waals surface area (Å²) in [7, 11) is 1.51. The average Bonchev–Trinajstić information content (AvgIpc) is 2.40. The van der Waals surface area contributed by atoms with Gasteiger partial charge in [0.05, 0.1) is 12.1 Å². The number of hydrogen-bond donors (Lipinski definition) is 2. The minimum absolute atomic E-state index is 0.0169. The molecule has 2 amide bonds. The van der Waals surface area contributed by atoms with Gasteiger partial charge in [0.1, 0.15) is 5.75 Å². The smallest absolute Gasteiger partial charge is 0.422 e. The van der Waals surface area contributed by atoms with Crippen molar-refractivity contribution in [2.24, 2.45) is 0 Å². The van der Waals surface area contributed by atoms with E-state index in [1.54, 1.807) is 32.0 Å². The predicted molar refractivity (Wildman–Crippen MR) is 79.2 cm³/mol. The molecule has 5 nitrogen and oxygen atoms in total. The Bertz CT molecular complexity index is 527. The summed E-state index contributed by atoms with van der Waals surface area (Å²) in [4.78, 5) is 13.2. The van der Waals surface area contributed by atoms with Crippen LogP contribution in [-0.4, -0.2) is 48.0 Å². The number of alkyl halides is 3. The number of ether oxygens (including phenoxy) is 1. The van der Waals surface area contributed by atoms with Crippen molar-refractivity contribution in [1.29, 1.82) is 0 Å². The Morgan fingerprint density at radius 3 is 2.48 bits per heavy atom. The minimum Gasteiger partial charge on any atom is -0.484 e. The van der Waals surface area contributed by atoms with Gasteiger partial charge in [-0.25, -0.2) is 4.79 Å². The van der Waals surface area contributed by atoms with Gasteiger partial charge in [0.2, 0.25) is 0 Å². The molecule has 0 saturated heterocycles. The van der Waals surface area contributed by atoms with Gasteiger partial charge in [0.25, 0.3) is 0 Å². The third kappa shape index (κ3) is 7.73. The van der Waals surface area contributed by atoms with Crippen molar-refractivity contribution in [2.75, 3.05) is 20.2 Å². The van der Waals surface area contributed by atoms with E-state index in [0.717, 1.165) is 0 Å². The van der Waals surface area contributed by atoms with E-state index >= 15 is 0 Å². The van der Waals surface area contributed by atoms with Crippen molar-refractivity contribution in [2.45, 2.75) is 32.2 Å². The van der Waals surface area contributed by atoms with Crippen LogP contribution >= 0.6 is 0 Å². The number of rotatable bonds is 6. The summed E-state index contributed by atoms with van der Waals surface area (Å²) in [5, 5.41) is 12.2. The van der Waals surface area contributed by atoms with Crippen LogP contribution in [0.25, 0.3) is 0 Å². The zero-order chi connectivity index (χ0) is 17.7. The van der Waals surface area contributed by atoms with E-state index in [0.29, 0.717) is 5.56 Å². The van der Waals surface area contributed by atoms with Gasteiger partial charge >= 0.3 is 12.2 Å². The molecule has 0 saturated carbocycles. The van der Waals surface area contributed by atoms with E-state index in [4.69, 9.17) is 4.74 Å². The Morgan fingerprint density at radius 1 is 1.30 bits per heavy atom. The summed E-state index contributed by atoms with van der Waals surface area (Å²) in [5.74, 6) is 0.0651. The molecule has 2 N–H and O–H groups in total. The fraction of sp³-hybridized carbons (Fsp3) is 0.533. The number of carbonyl (C=O) groups excluding carboxylic acids is 1. The van der Waals surface area contributed by atoms with Crippen molar-refractivity contribution >= 4 is 6.03 Å². The van der Waals surface area contributed by atoms with Gasteiger partial charge < -0.3 is 20.1 Å². The zero-order valence-electron chi connectivity index (χ0n) is 13.3. The van der Waals surface area contributed by atoms with Crippen LogP contribution in [0.2, 0.25) is 0 Å². The molecule has 0 aliphatic rings. The Hall–Kier alpha value is -1.96. The highest BCUT2D eigenvalue weighted by atomic mass is 19.4. The molecule has 0 heterocycles. The predicted octanol–water partition coefficient (Wildman–Crippen LogP) is 2.54. The molecule has 1 rings (SSSR count). The van der Waals surface area contributed by atoms with E-state index in [2.05, 4.69) is 5.32 Å². The second-order valence-corrected chi connectivity index (χ2v) is 5.84. The second-order valence-electron chi connectivity index (χ2n) is 5.84. The topological polar surface area (TPSA) is 61.8 Å². The van der Waals surface area contributed by atoms with Crippen molar-refractivity contribution < 1.29 is 27.8 Å². The molecule has 0 unspecified atom stereocenters. The average molecular weight is 334 g/mol. The van der Waals surface area contributed by atoms with E-state index in [1.165, 1.54) is 18.0 Å². The van der Waals surface area contributed by atoms with E-state index in [1.807, 2.05) is 0 Å². The van der Waals surface area contributed by atoms with Crippen LogP contribution in [0.4, 0.5) is 18.0 Å². The Morgan fingerprint density at radius 2 is 1.91 bits per heavy atom. The number of carbonyl (C=O) groups is 1. The number of benzene rings is 1.